The minimum absolute atomic E-state index is 0.0302. The van der Waals surface area contributed by atoms with E-state index >= 15 is 0 Å². The van der Waals surface area contributed by atoms with Gasteiger partial charge in [-0.25, -0.2) is 8.78 Å². The van der Waals surface area contributed by atoms with Crippen LogP contribution in [0.2, 0.25) is 0 Å². The molecule has 76 valence electrons. The number of nitrogens with two attached hydrogens (primary N) is 1. The minimum atomic E-state index is -0.994. The average molecular weight is 346 g/mol. The van der Waals surface area contributed by atoms with Crippen molar-refractivity contribution in [3.05, 3.63) is 26.6 Å². The molecule has 1 aromatic rings. The summed E-state index contributed by atoms with van der Waals surface area (Å²) in [5, 5.41) is 2.49. The third kappa shape index (κ3) is 2.40. The molecule has 0 aliphatic carbocycles. The van der Waals surface area contributed by atoms with Gasteiger partial charge in [0.1, 0.15) is 0 Å². The second-order valence-corrected chi connectivity index (χ2v) is 4.42. The number of anilines is 1. The van der Waals surface area contributed by atoms with Crippen LogP contribution in [0.5, 0.6) is 0 Å². The quantitative estimate of drug-likeness (QED) is 0.466. The van der Waals surface area contributed by atoms with Crippen LogP contribution in [0.1, 0.15) is 0 Å². The second kappa shape index (κ2) is 4.50. The van der Waals surface area contributed by atoms with Gasteiger partial charge in [0.05, 0.1) is 10.2 Å². The summed E-state index contributed by atoms with van der Waals surface area (Å²) in [5.74, 6) is -1.95. The molecule has 0 heterocycles. The third-order valence-electron chi connectivity index (χ3n) is 1.36. The predicted octanol–water partition coefficient (Wildman–Crippen LogP) is 3.15. The lowest BCUT2D eigenvalue weighted by Gasteiger charge is -2.09. The first-order chi connectivity index (χ1) is 6.43. The second-order valence-electron chi connectivity index (χ2n) is 2.33. The summed E-state index contributed by atoms with van der Waals surface area (Å²) >= 11 is 10.5. The van der Waals surface area contributed by atoms with E-state index in [0.29, 0.717) is 4.47 Å². The van der Waals surface area contributed by atoms with E-state index < -0.39 is 11.6 Å². The molecule has 2 nitrogen and oxygen atoms in total. The van der Waals surface area contributed by atoms with Crippen LogP contribution < -0.4 is 11.1 Å². The summed E-state index contributed by atoms with van der Waals surface area (Å²) in [6, 6.07) is 0.987. The van der Waals surface area contributed by atoms with Crippen molar-refractivity contribution in [2.24, 2.45) is 5.73 Å². The van der Waals surface area contributed by atoms with E-state index in [1.807, 2.05) is 0 Å². The molecule has 0 saturated heterocycles. The van der Waals surface area contributed by atoms with Gasteiger partial charge >= 0.3 is 0 Å². The Morgan fingerprint density at radius 1 is 1.43 bits per heavy atom. The average Bonchev–Trinajstić information content (AvgIpc) is 2.09. The first-order valence-electron chi connectivity index (χ1n) is 3.33. The molecule has 1 rings (SSSR count). The molecule has 0 atom stereocenters. The molecule has 0 aliphatic heterocycles. The van der Waals surface area contributed by atoms with Gasteiger partial charge in [-0.15, -0.1) is 0 Å². The van der Waals surface area contributed by atoms with Crippen molar-refractivity contribution >= 4 is 54.9 Å². The number of rotatable bonds is 1. The molecule has 1 aromatic carbocycles. The number of benzene rings is 1. The summed E-state index contributed by atoms with van der Waals surface area (Å²) in [7, 11) is 0. The number of hydrogen-bond donors (Lipinski definition) is 2. The van der Waals surface area contributed by atoms with Crippen LogP contribution in [0.4, 0.5) is 14.5 Å². The highest BCUT2D eigenvalue weighted by molar-refractivity contribution is 9.11. The fourth-order valence-corrected chi connectivity index (χ4v) is 2.17. The molecule has 0 fully saturated rings. The largest absolute Gasteiger partial charge is 0.376 e. The van der Waals surface area contributed by atoms with E-state index in [1.165, 1.54) is 0 Å². The zero-order valence-electron chi connectivity index (χ0n) is 6.57. The Morgan fingerprint density at radius 2 is 2.00 bits per heavy atom. The first kappa shape index (κ1) is 11.8. The maximum atomic E-state index is 13.1. The van der Waals surface area contributed by atoms with Crippen LogP contribution in [-0.2, 0) is 0 Å². The van der Waals surface area contributed by atoms with Gasteiger partial charge in [-0.2, -0.15) is 0 Å². The molecule has 0 saturated carbocycles. The smallest absolute Gasteiger partial charge is 0.175 e. The Kier molecular flexibility index (Phi) is 3.79. The van der Waals surface area contributed by atoms with Crippen LogP contribution >= 0.6 is 44.1 Å². The van der Waals surface area contributed by atoms with Gasteiger partial charge in [-0.05, 0) is 50.1 Å². The van der Waals surface area contributed by atoms with Crippen LogP contribution in [0, 0.1) is 11.6 Å². The van der Waals surface area contributed by atoms with Gasteiger partial charge in [-0.3, -0.25) is 0 Å². The number of nitrogens with one attached hydrogen (secondary N) is 1. The Labute approximate surface area is 101 Å². The first-order valence-corrected chi connectivity index (χ1v) is 5.32. The molecule has 0 unspecified atom stereocenters. The Bertz CT molecular complexity index is 398. The fraction of sp³-hybridized carbons (Fsp3) is 0. The topological polar surface area (TPSA) is 38.0 Å². The third-order valence-corrected chi connectivity index (χ3v) is 2.83. The van der Waals surface area contributed by atoms with Crippen molar-refractivity contribution in [3.8, 4) is 0 Å². The van der Waals surface area contributed by atoms with E-state index in [4.69, 9.17) is 5.73 Å². The van der Waals surface area contributed by atoms with Crippen LogP contribution in [0.15, 0.2) is 15.0 Å². The molecule has 3 N–H and O–H groups in total. The summed E-state index contributed by atoms with van der Waals surface area (Å²) < 4.78 is 26.2. The molecule has 0 radical (unpaired) electrons. The predicted molar refractivity (Wildman–Crippen MR) is 62.2 cm³/mol. The Hall–Kier alpha value is -0.270. The van der Waals surface area contributed by atoms with E-state index in [0.717, 1.165) is 6.07 Å². The van der Waals surface area contributed by atoms with E-state index in [2.05, 4.69) is 49.4 Å². The lowest BCUT2D eigenvalue weighted by atomic mass is 10.3. The molecule has 0 bridgehead atoms. The van der Waals surface area contributed by atoms with Crippen LogP contribution in [0.25, 0.3) is 0 Å². The lowest BCUT2D eigenvalue weighted by molar-refractivity contribution is 0.504. The van der Waals surface area contributed by atoms with Gasteiger partial charge in [0.2, 0.25) is 0 Å². The van der Waals surface area contributed by atoms with Crippen molar-refractivity contribution in [2.75, 3.05) is 5.32 Å². The minimum Gasteiger partial charge on any atom is -0.376 e. The van der Waals surface area contributed by atoms with E-state index in [1.54, 1.807) is 0 Å². The van der Waals surface area contributed by atoms with Gasteiger partial charge < -0.3 is 11.1 Å². The van der Waals surface area contributed by atoms with Crippen molar-refractivity contribution in [1.82, 2.24) is 0 Å². The summed E-state index contributed by atoms with van der Waals surface area (Å²) in [6.45, 7) is 0. The molecule has 0 amide bonds. The highest BCUT2D eigenvalue weighted by atomic mass is 79.9. The monoisotopic (exact) mass is 344 g/mol. The molecule has 0 aliphatic rings. The van der Waals surface area contributed by atoms with Crippen molar-refractivity contribution in [3.63, 3.8) is 0 Å². The molecule has 14 heavy (non-hydrogen) atoms. The number of halogens is 4. The van der Waals surface area contributed by atoms with Gasteiger partial charge in [0, 0.05) is 4.47 Å². The summed E-state index contributed by atoms with van der Waals surface area (Å²) in [6.07, 6.45) is 0. The highest BCUT2D eigenvalue weighted by Gasteiger charge is 2.15. The van der Waals surface area contributed by atoms with Crippen molar-refractivity contribution < 1.29 is 8.78 Å². The highest BCUT2D eigenvalue weighted by Crippen LogP contribution is 2.34. The summed E-state index contributed by atoms with van der Waals surface area (Å²) in [4.78, 5) is 0. The van der Waals surface area contributed by atoms with E-state index in [-0.39, 0.29) is 15.3 Å². The molecule has 0 aromatic heterocycles. The zero-order valence-corrected chi connectivity index (χ0v) is 10.6. The van der Waals surface area contributed by atoms with Crippen LogP contribution in [0.3, 0.4) is 0 Å². The maximum absolute atomic E-state index is 13.1. The number of thiocarbonyl (C=S) groups is 1. The van der Waals surface area contributed by atoms with Gasteiger partial charge in [-0.1, -0.05) is 0 Å². The standard InChI is InChI=1S/C7H4Br2F2N2S/c8-2-1-3(10)5(11)4(9)6(2)13-7(12)14/h1H,(H3,12,13,14). The molecular weight excluding hydrogens is 342 g/mol. The summed E-state index contributed by atoms with van der Waals surface area (Å²) in [5.41, 5.74) is 5.47. The zero-order chi connectivity index (χ0) is 10.9. The molecular formula is C7H4Br2F2N2S. The fourth-order valence-electron chi connectivity index (χ4n) is 0.804. The Balaban J connectivity index is 3.29. The van der Waals surface area contributed by atoms with Gasteiger partial charge in [0.25, 0.3) is 0 Å². The van der Waals surface area contributed by atoms with Gasteiger partial charge in [0.15, 0.2) is 16.7 Å². The molecule has 7 heteroatoms. The molecule has 0 spiro atoms. The van der Waals surface area contributed by atoms with Crippen molar-refractivity contribution in [2.45, 2.75) is 0 Å². The van der Waals surface area contributed by atoms with Crippen molar-refractivity contribution in [1.29, 1.82) is 0 Å². The SMILES string of the molecule is NC(=S)Nc1c(Br)cc(F)c(F)c1Br. The van der Waals surface area contributed by atoms with Crippen LogP contribution in [-0.4, -0.2) is 5.11 Å². The lowest BCUT2D eigenvalue weighted by Crippen LogP contribution is -2.19. The maximum Gasteiger partial charge on any atom is 0.175 e. The van der Waals surface area contributed by atoms with E-state index in [9.17, 15) is 8.78 Å². The normalized spacial score (nSPS) is 10.0. The number of hydrogen-bond acceptors (Lipinski definition) is 1. The Morgan fingerprint density at radius 3 is 2.50 bits per heavy atom.